The molecule has 0 atom stereocenters. The van der Waals surface area contributed by atoms with E-state index in [4.69, 9.17) is 9.16 Å². The van der Waals surface area contributed by atoms with Gasteiger partial charge in [0.25, 0.3) is 0 Å². The maximum absolute atomic E-state index is 13.3. The van der Waals surface area contributed by atoms with Gasteiger partial charge in [0.1, 0.15) is 5.60 Å². The molecule has 0 spiro atoms. The third kappa shape index (κ3) is 4.50. The molecular formula is C23H32O3Si. The minimum absolute atomic E-state index is 0.187. The summed E-state index contributed by atoms with van der Waals surface area (Å²) in [7, 11) is -2.06. The first-order chi connectivity index (χ1) is 12.5. The highest BCUT2D eigenvalue weighted by molar-refractivity contribution is 6.69. The summed E-state index contributed by atoms with van der Waals surface area (Å²) in [6, 6.07) is 20.1. The van der Waals surface area contributed by atoms with Gasteiger partial charge in [0.15, 0.2) is 8.32 Å². The fourth-order valence-corrected chi connectivity index (χ4v) is 4.85. The number of ether oxygens (including phenoxy) is 1. The fourth-order valence-electron chi connectivity index (χ4n) is 3.44. The van der Waals surface area contributed by atoms with Gasteiger partial charge in [-0.2, -0.15) is 0 Å². The lowest BCUT2D eigenvalue weighted by atomic mass is 9.67. The predicted octanol–water partition coefficient (Wildman–Crippen LogP) is 5.76. The van der Waals surface area contributed by atoms with E-state index in [1.165, 1.54) is 0 Å². The van der Waals surface area contributed by atoms with E-state index < -0.39 is 19.3 Å². The van der Waals surface area contributed by atoms with Crippen molar-refractivity contribution in [3.05, 3.63) is 71.8 Å². The zero-order chi connectivity index (χ0) is 20.3. The first-order valence-corrected chi connectivity index (χ1v) is 12.9. The molecule has 0 unspecified atom stereocenters. The SMILES string of the molecule is CC(C)OC(=O)C(C)(C)C(O[Si](C)(C)C)(c1ccccc1)c1ccccc1. The average Bonchev–Trinajstić information content (AvgIpc) is 2.59. The Morgan fingerprint density at radius 2 is 1.26 bits per heavy atom. The standard InChI is InChI=1S/C23H32O3Si/c1-18(2)25-21(24)22(3,4)23(26-27(5,6)7,19-14-10-8-11-15-19)20-16-12-9-13-17-20/h8-18H,1-7H3. The van der Waals surface area contributed by atoms with Crippen LogP contribution in [0, 0.1) is 5.41 Å². The first kappa shape index (κ1) is 21.4. The molecule has 2 aromatic carbocycles. The third-order valence-electron chi connectivity index (χ3n) is 4.55. The predicted molar refractivity (Wildman–Crippen MR) is 113 cm³/mol. The van der Waals surface area contributed by atoms with E-state index in [0.717, 1.165) is 11.1 Å². The van der Waals surface area contributed by atoms with Crippen molar-refractivity contribution in [2.24, 2.45) is 5.41 Å². The molecule has 27 heavy (non-hydrogen) atoms. The summed E-state index contributed by atoms with van der Waals surface area (Å²) in [5, 5.41) is 0. The molecule has 0 saturated carbocycles. The van der Waals surface area contributed by atoms with E-state index >= 15 is 0 Å². The van der Waals surface area contributed by atoms with Crippen LogP contribution in [0.1, 0.15) is 38.8 Å². The summed E-state index contributed by atoms with van der Waals surface area (Å²) in [5.74, 6) is -0.261. The molecule has 0 fully saturated rings. The highest BCUT2D eigenvalue weighted by Gasteiger charge is 2.56. The molecule has 0 amide bonds. The zero-order valence-corrected chi connectivity index (χ0v) is 18.6. The van der Waals surface area contributed by atoms with Crippen molar-refractivity contribution < 1.29 is 14.0 Å². The van der Waals surface area contributed by atoms with Crippen molar-refractivity contribution in [1.82, 2.24) is 0 Å². The Labute approximate surface area is 164 Å². The van der Waals surface area contributed by atoms with Crippen molar-refractivity contribution in [3.63, 3.8) is 0 Å². The largest absolute Gasteiger partial charge is 0.462 e. The molecular weight excluding hydrogens is 352 g/mol. The third-order valence-corrected chi connectivity index (χ3v) is 5.47. The molecule has 146 valence electrons. The van der Waals surface area contributed by atoms with Gasteiger partial charge in [-0.1, -0.05) is 60.7 Å². The minimum Gasteiger partial charge on any atom is -0.462 e. The Bertz CT molecular complexity index is 707. The maximum atomic E-state index is 13.3. The molecule has 0 saturated heterocycles. The van der Waals surface area contributed by atoms with Gasteiger partial charge in [-0.15, -0.1) is 0 Å². The lowest BCUT2D eigenvalue weighted by Crippen LogP contribution is -2.55. The van der Waals surface area contributed by atoms with Gasteiger partial charge in [0.05, 0.1) is 11.5 Å². The van der Waals surface area contributed by atoms with Gasteiger partial charge in [-0.05, 0) is 58.5 Å². The van der Waals surface area contributed by atoms with Gasteiger partial charge in [0, 0.05) is 0 Å². The number of carbonyl (C=O) groups is 1. The molecule has 4 heteroatoms. The van der Waals surface area contributed by atoms with E-state index in [0.29, 0.717) is 0 Å². The van der Waals surface area contributed by atoms with Crippen LogP contribution < -0.4 is 0 Å². The summed E-state index contributed by atoms with van der Waals surface area (Å²) in [6.45, 7) is 14.1. The van der Waals surface area contributed by atoms with Crippen LogP contribution in [-0.4, -0.2) is 20.4 Å². The smallest absolute Gasteiger partial charge is 0.315 e. The Kier molecular flexibility index (Phi) is 6.33. The molecule has 2 aromatic rings. The zero-order valence-electron chi connectivity index (χ0n) is 17.6. The van der Waals surface area contributed by atoms with Gasteiger partial charge >= 0.3 is 5.97 Å². The number of rotatable bonds is 7. The average molecular weight is 385 g/mol. The first-order valence-electron chi connectivity index (χ1n) is 9.53. The van der Waals surface area contributed by atoms with Gasteiger partial charge < -0.3 is 9.16 Å². The second kappa shape index (κ2) is 7.99. The molecule has 0 radical (unpaired) electrons. The molecule has 0 aliphatic heterocycles. The van der Waals surface area contributed by atoms with E-state index in [1.54, 1.807) is 0 Å². The van der Waals surface area contributed by atoms with E-state index in [2.05, 4.69) is 19.6 Å². The minimum atomic E-state index is -2.06. The van der Waals surface area contributed by atoms with Crippen LogP contribution in [-0.2, 0) is 19.6 Å². The number of esters is 1. The van der Waals surface area contributed by atoms with Crippen LogP contribution >= 0.6 is 0 Å². The molecule has 0 aliphatic rings. The molecule has 0 aliphatic carbocycles. The van der Waals surface area contributed by atoms with E-state index in [-0.39, 0.29) is 12.1 Å². The van der Waals surface area contributed by atoms with Crippen LogP contribution in [0.3, 0.4) is 0 Å². The Morgan fingerprint density at radius 3 is 1.59 bits per heavy atom. The Morgan fingerprint density at radius 1 is 0.852 bits per heavy atom. The highest BCUT2D eigenvalue weighted by atomic mass is 28.4. The Balaban J connectivity index is 2.81. The number of carbonyl (C=O) groups excluding carboxylic acids is 1. The van der Waals surface area contributed by atoms with Gasteiger partial charge in [-0.25, -0.2) is 0 Å². The summed E-state index contributed by atoms with van der Waals surface area (Å²) in [6.07, 6.45) is -0.187. The van der Waals surface area contributed by atoms with Crippen LogP contribution in [0.4, 0.5) is 0 Å². The summed E-state index contributed by atoms with van der Waals surface area (Å²) < 4.78 is 12.6. The van der Waals surface area contributed by atoms with E-state index in [1.807, 2.05) is 88.4 Å². The van der Waals surface area contributed by atoms with Crippen molar-refractivity contribution in [2.75, 3.05) is 0 Å². The van der Waals surface area contributed by atoms with Crippen molar-refractivity contribution >= 4 is 14.3 Å². The van der Waals surface area contributed by atoms with Gasteiger partial charge in [-0.3, -0.25) is 4.79 Å². The lowest BCUT2D eigenvalue weighted by Gasteiger charge is -2.49. The maximum Gasteiger partial charge on any atom is 0.315 e. The Hall–Kier alpha value is -1.91. The van der Waals surface area contributed by atoms with E-state index in [9.17, 15) is 4.79 Å². The van der Waals surface area contributed by atoms with Gasteiger partial charge in [0.2, 0.25) is 0 Å². The van der Waals surface area contributed by atoms with Crippen molar-refractivity contribution in [1.29, 1.82) is 0 Å². The quantitative estimate of drug-likeness (QED) is 0.450. The molecule has 2 rings (SSSR count). The molecule has 0 heterocycles. The summed E-state index contributed by atoms with van der Waals surface area (Å²) in [4.78, 5) is 13.3. The van der Waals surface area contributed by atoms with Crippen molar-refractivity contribution in [3.8, 4) is 0 Å². The molecule has 0 N–H and O–H groups in total. The summed E-state index contributed by atoms with van der Waals surface area (Å²) in [5.41, 5.74) is 0.0559. The van der Waals surface area contributed by atoms with Crippen LogP contribution in [0.5, 0.6) is 0 Å². The normalized spacial score (nSPS) is 12.9. The molecule has 0 bridgehead atoms. The fraction of sp³-hybridized carbons (Fsp3) is 0.435. The van der Waals surface area contributed by atoms with Crippen molar-refractivity contribution in [2.45, 2.75) is 59.0 Å². The summed E-state index contributed by atoms with van der Waals surface area (Å²) >= 11 is 0. The number of hydrogen-bond donors (Lipinski definition) is 0. The molecule has 0 aromatic heterocycles. The number of hydrogen-bond acceptors (Lipinski definition) is 3. The number of benzene rings is 2. The van der Waals surface area contributed by atoms with Crippen LogP contribution in [0.2, 0.25) is 19.6 Å². The van der Waals surface area contributed by atoms with Crippen LogP contribution in [0.25, 0.3) is 0 Å². The molecule has 3 nitrogen and oxygen atoms in total. The van der Waals surface area contributed by atoms with Crippen LogP contribution in [0.15, 0.2) is 60.7 Å². The topological polar surface area (TPSA) is 35.5 Å². The second-order valence-corrected chi connectivity index (χ2v) is 13.1. The lowest BCUT2D eigenvalue weighted by molar-refractivity contribution is -0.170. The highest BCUT2D eigenvalue weighted by Crippen LogP contribution is 2.50. The second-order valence-electron chi connectivity index (χ2n) is 8.71. The monoisotopic (exact) mass is 384 g/mol.